The summed E-state index contributed by atoms with van der Waals surface area (Å²) < 4.78 is 3.65. The van der Waals surface area contributed by atoms with Crippen molar-refractivity contribution in [2.75, 3.05) is 0 Å². The van der Waals surface area contributed by atoms with E-state index < -0.39 is 5.97 Å². The molecule has 3 heteroatoms. The molecule has 0 amide bonds. The van der Waals surface area contributed by atoms with Gasteiger partial charge in [-0.2, -0.15) is 0 Å². The highest BCUT2D eigenvalue weighted by molar-refractivity contribution is 6.15. The molecule has 0 saturated carbocycles. The van der Waals surface area contributed by atoms with Crippen LogP contribution in [0.25, 0.3) is 0 Å². The number of hydrogen-bond acceptors (Lipinski definition) is 2. The summed E-state index contributed by atoms with van der Waals surface area (Å²) in [6, 6.07) is 0. The molecule has 0 N–H and O–H groups in total. The van der Waals surface area contributed by atoms with Gasteiger partial charge in [0.1, 0.15) is 11.9 Å². The van der Waals surface area contributed by atoms with Gasteiger partial charge in [0.2, 0.25) is 0 Å². The Hall–Kier alpha value is -0.680. The van der Waals surface area contributed by atoms with Crippen LogP contribution in [0.4, 0.5) is 0 Å². The SMILES string of the molecule is CC#CC(=O)OCl. The number of hydrogen-bond donors (Lipinski definition) is 0. The molecule has 0 aliphatic heterocycles. The predicted molar refractivity (Wildman–Crippen MR) is 25.4 cm³/mol. The predicted octanol–water partition coefficient (Wildman–Crippen LogP) is 0.707. The van der Waals surface area contributed by atoms with E-state index in [0.29, 0.717) is 0 Å². The van der Waals surface area contributed by atoms with Crippen molar-refractivity contribution in [1.29, 1.82) is 0 Å². The van der Waals surface area contributed by atoms with E-state index >= 15 is 0 Å². The fraction of sp³-hybridized carbons (Fsp3) is 0.250. The van der Waals surface area contributed by atoms with E-state index in [1.54, 1.807) is 0 Å². The van der Waals surface area contributed by atoms with E-state index in [1.807, 2.05) is 0 Å². The van der Waals surface area contributed by atoms with Crippen LogP contribution in [0.15, 0.2) is 0 Å². The molecule has 0 saturated heterocycles. The highest BCUT2D eigenvalue weighted by Crippen LogP contribution is 1.77. The molecule has 7 heavy (non-hydrogen) atoms. The summed E-state index contributed by atoms with van der Waals surface area (Å²) in [7, 11) is 0. The van der Waals surface area contributed by atoms with E-state index in [-0.39, 0.29) is 0 Å². The van der Waals surface area contributed by atoms with Crippen molar-refractivity contribution in [1.82, 2.24) is 0 Å². The molecule has 0 aromatic rings. The average molecular weight is 119 g/mol. The lowest BCUT2D eigenvalue weighted by Gasteiger charge is -1.75. The zero-order valence-electron chi connectivity index (χ0n) is 3.69. The highest BCUT2D eigenvalue weighted by atomic mass is 35.5. The molecule has 2 nitrogen and oxygen atoms in total. The largest absolute Gasteiger partial charge is 0.402 e. The van der Waals surface area contributed by atoms with Crippen LogP contribution in [0.3, 0.4) is 0 Å². The molecular weight excluding hydrogens is 115 g/mol. The van der Waals surface area contributed by atoms with Gasteiger partial charge in [-0.15, -0.1) is 0 Å². The number of carbonyl (C=O) groups excluding carboxylic acids is 1. The molecule has 0 heterocycles. The molecule has 0 rings (SSSR count). The monoisotopic (exact) mass is 118 g/mol. The van der Waals surface area contributed by atoms with Crippen LogP contribution >= 0.6 is 11.9 Å². The van der Waals surface area contributed by atoms with Crippen LogP contribution in [-0.4, -0.2) is 5.97 Å². The van der Waals surface area contributed by atoms with Crippen molar-refractivity contribution in [3.05, 3.63) is 0 Å². The van der Waals surface area contributed by atoms with E-state index in [2.05, 4.69) is 28.0 Å². The second-order valence-electron chi connectivity index (χ2n) is 0.740. The quantitative estimate of drug-likeness (QED) is 0.438. The van der Waals surface area contributed by atoms with Crippen molar-refractivity contribution in [3.63, 3.8) is 0 Å². The topological polar surface area (TPSA) is 26.3 Å². The summed E-state index contributed by atoms with van der Waals surface area (Å²) in [6.45, 7) is 1.52. The van der Waals surface area contributed by atoms with Gasteiger partial charge in [0, 0.05) is 5.92 Å². The zero-order chi connectivity index (χ0) is 5.70. The Labute approximate surface area is 46.6 Å². The fourth-order valence-corrected chi connectivity index (χ4v) is 0.160. The summed E-state index contributed by atoms with van der Waals surface area (Å²) in [4.78, 5) is 9.88. The molecule has 0 unspecified atom stereocenters. The van der Waals surface area contributed by atoms with Gasteiger partial charge in [-0.25, -0.2) is 4.79 Å². The Morgan fingerprint density at radius 3 is 2.57 bits per heavy atom. The third-order valence-electron chi connectivity index (χ3n) is 0.297. The highest BCUT2D eigenvalue weighted by Gasteiger charge is 1.87. The van der Waals surface area contributed by atoms with Crippen LogP contribution in [0, 0.1) is 11.8 Å². The minimum atomic E-state index is -0.718. The Morgan fingerprint density at radius 2 is 2.43 bits per heavy atom. The molecule has 0 aliphatic carbocycles. The lowest BCUT2D eigenvalue weighted by molar-refractivity contribution is -0.127. The smallest absolute Gasteiger partial charge is 0.337 e. The molecule has 0 radical (unpaired) electrons. The summed E-state index contributed by atoms with van der Waals surface area (Å²) in [5, 5.41) is 0. The minimum Gasteiger partial charge on any atom is -0.337 e. The van der Waals surface area contributed by atoms with E-state index in [4.69, 9.17) is 0 Å². The average Bonchev–Trinajstić information content (AvgIpc) is 1.68. The molecular formula is C4H3ClO2. The van der Waals surface area contributed by atoms with Crippen molar-refractivity contribution in [2.24, 2.45) is 0 Å². The molecule has 0 fully saturated rings. The van der Waals surface area contributed by atoms with Gasteiger partial charge >= 0.3 is 5.97 Å². The van der Waals surface area contributed by atoms with E-state index in [0.717, 1.165) is 0 Å². The van der Waals surface area contributed by atoms with Gasteiger partial charge in [0.05, 0.1) is 0 Å². The van der Waals surface area contributed by atoms with Crippen LogP contribution in [0.5, 0.6) is 0 Å². The first-order chi connectivity index (χ1) is 3.31. The van der Waals surface area contributed by atoms with Crippen molar-refractivity contribution in [3.8, 4) is 11.8 Å². The molecule has 38 valence electrons. The standard InChI is InChI=1S/C4H3ClO2/c1-2-3-4(6)7-5/h1H3. The second kappa shape index (κ2) is 3.51. The van der Waals surface area contributed by atoms with Crippen LogP contribution < -0.4 is 0 Å². The molecule has 0 spiro atoms. The van der Waals surface area contributed by atoms with Gasteiger partial charge in [-0.1, -0.05) is 5.92 Å². The third-order valence-corrected chi connectivity index (χ3v) is 0.437. The third kappa shape index (κ3) is 3.14. The summed E-state index contributed by atoms with van der Waals surface area (Å²) in [5.74, 6) is 3.64. The minimum absolute atomic E-state index is 0.718. The maximum absolute atomic E-state index is 9.88. The molecule has 0 aromatic heterocycles. The first kappa shape index (κ1) is 6.32. The van der Waals surface area contributed by atoms with Gasteiger partial charge in [0.25, 0.3) is 0 Å². The van der Waals surface area contributed by atoms with Crippen molar-refractivity contribution < 1.29 is 9.08 Å². The first-order valence-corrected chi connectivity index (χ1v) is 1.87. The lowest BCUT2D eigenvalue weighted by atomic mass is 10.6. The van der Waals surface area contributed by atoms with Gasteiger partial charge in [0.15, 0.2) is 0 Å². The van der Waals surface area contributed by atoms with E-state index in [9.17, 15) is 4.79 Å². The number of carbonyl (C=O) groups is 1. The Bertz CT molecular complexity index is 119. The number of halogens is 1. The summed E-state index contributed by atoms with van der Waals surface area (Å²) in [6.07, 6.45) is 0. The van der Waals surface area contributed by atoms with Crippen LogP contribution in [-0.2, 0) is 9.08 Å². The normalized spacial score (nSPS) is 6.00. The van der Waals surface area contributed by atoms with Crippen LogP contribution in [0.2, 0.25) is 0 Å². The summed E-state index contributed by atoms with van der Waals surface area (Å²) >= 11 is 4.58. The van der Waals surface area contributed by atoms with E-state index in [1.165, 1.54) is 6.92 Å². The summed E-state index contributed by atoms with van der Waals surface area (Å²) in [5.41, 5.74) is 0. The molecule has 0 bridgehead atoms. The van der Waals surface area contributed by atoms with Crippen LogP contribution in [0.1, 0.15) is 6.92 Å². The zero-order valence-corrected chi connectivity index (χ0v) is 4.45. The van der Waals surface area contributed by atoms with Gasteiger partial charge in [-0.3, -0.25) is 0 Å². The molecule has 0 aromatic carbocycles. The Kier molecular flexibility index (Phi) is 3.17. The Balaban J connectivity index is 3.52. The molecule has 0 atom stereocenters. The molecule has 0 aliphatic rings. The van der Waals surface area contributed by atoms with Crippen molar-refractivity contribution >= 4 is 17.8 Å². The Morgan fingerprint density at radius 1 is 1.86 bits per heavy atom. The lowest BCUT2D eigenvalue weighted by Crippen LogP contribution is -1.88. The maximum Gasteiger partial charge on any atom is 0.402 e. The van der Waals surface area contributed by atoms with Gasteiger partial charge in [-0.05, 0) is 6.92 Å². The van der Waals surface area contributed by atoms with Crippen molar-refractivity contribution in [2.45, 2.75) is 6.92 Å². The van der Waals surface area contributed by atoms with Gasteiger partial charge < -0.3 is 4.29 Å². The fourth-order valence-electron chi connectivity index (χ4n) is 0.121. The maximum atomic E-state index is 9.88. The first-order valence-electron chi connectivity index (χ1n) is 1.56. The second-order valence-corrected chi connectivity index (χ2v) is 0.894. The number of rotatable bonds is 0.